The molecule has 0 amide bonds. The smallest absolute Gasteiger partial charge is 0.302 e. The third-order valence-corrected chi connectivity index (χ3v) is 10.9. The van der Waals surface area contributed by atoms with Gasteiger partial charge >= 0.3 is 11.9 Å². The first-order valence-corrected chi connectivity index (χ1v) is 15.9. The number of rotatable bonds is 8. The maximum absolute atomic E-state index is 12.3. The minimum absolute atomic E-state index is 0.102. The Morgan fingerprint density at radius 1 is 1.10 bits per heavy atom. The number of fused-ring (bicyclic) bond motifs is 3. The van der Waals surface area contributed by atoms with Gasteiger partial charge in [-0.3, -0.25) is 9.59 Å². The van der Waals surface area contributed by atoms with Gasteiger partial charge < -0.3 is 24.7 Å². The van der Waals surface area contributed by atoms with Gasteiger partial charge in [0.15, 0.2) is 0 Å². The van der Waals surface area contributed by atoms with Crippen molar-refractivity contribution < 1.29 is 28.5 Å². The Morgan fingerprint density at radius 3 is 2.55 bits per heavy atom. The van der Waals surface area contributed by atoms with Crippen LogP contribution in [0.1, 0.15) is 86.5 Å². The molecule has 3 saturated carbocycles. The maximum atomic E-state index is 12.3. The first-order chi connectivity index (χ1) is 18.9. The summed E-state index contributed by atoms with van der Waals surface area (Å²) in [6.07, 6.45) is 9.87. The van der Waals surface area contributed by atoms with Crippen molar-refractivity contribution in [3.8, 4) is 0 Å². The quantitative estimate of drug-likeness (QED) is 0.318. The zero-order valence-electron chi connectivity index (χ0n) is 25.7. The molecule has 0 aromatic heterocycles. The summed E-state index contributed by atoms with van der Waals surface area (Å²) in [5.41, 5.74) is 7.30. The lowest BCUT2D eigenvalue weighted by Crippen LogP contribution is -2.64. The van der Waals surface area contributed by atoms with Crippen molar-refractivity contribution in [1.82, 2.24) is 0 Å². The molecule has 0 aromatic carbocycles. The average molecular weight is 560 g/mol. The van der Waals surface area contributed by atoms with Crippen LogP contribution in [0.5, 0.6) is 0 Å². The van der Waals surface area contributed by atoms with E-state index in [9.17, 15) is 9.59 Å². The van der Waals surface area contributed by atoms with Crippen molar-refractivity contribution in [1.29, 1.82) is 0 Å². The minimum atomic E-state index is -0.458. The molecule has 7 nitrogen and oxygen atoms in total. The van der Waals surface area contributed by atoms with E-state index in [2.05, 4.69) is 19.9 Å². The zero-order valence-corrected chi connectivity index (χ0v) is 25.7. The van der Waals surface area contributed by atoms with Gasteiger partial charge in [-0.25, -0.2) is 0 Å². The van der Waals surface area contributed by atoms with Gasteiger partial charge in [0.1, 0.15) is 6.10 Å². The Bertz CT molecular complexity index is 970. The van der Waals surface area contributed by atoms with Gasteiger partial charge in [0, 0.05) is 30.7 Å². The molecule has 2 N–H and O–H groups in total. The van der Waals surface area contributed by atoms with Crippen LogP contribution >= 0.6 is 0 Å². The Balaban J connectivity index is 1.44. The summed E-state index contributed by atoms with van der Waals surface area (Å²) in [6, 6.07) is 0. The molecular weight excluding hydrogens is 506 g/mol. The molecule has 0 aromatic rings. The van der Waals surface area contributed by atoms with Gasteiger partial charge in [-0.1, -0.05) is 25.5 Å². The first kappa shape index (κ1) is 30.0. The highest BCUT2D eigenvalue weighted by Crippen LogP contribution is 2.65. The molecule has 5 rings (SSSR count). The highest BCUT2D eigenvalue weighted by Gasteiger charge is 2.63. The molecular formula is C33H53NO6. The first-order valence-electron chi connectivity index (χ1n) is 15.9. The van der Waals surface area contributed by atoms with Crippen LogP contribution in [0.2, 0.25) is 0 Å². The van der Waals surface area contributed by atoms with E-state index in [1.54, 1.807) is 5.57 Å². The van der Waals surface area contributed by atoms with Crippen molar-refractivity contribution in [2.45, 2.75) is 104 Å². The number of ether oxygens (including phenoxy) is 4. The van der Waals surface area contributed by atoms with Gasteiger partial charge in [-0.15, -0.1) is 0 Å². The predicted molar refractivity (Wildman–Crippen MR) is 153 cm³/mol. The lowest BCUT2D eigenvalue weighted by molar-refractivity contribution is -0.226. The predicted octanol–water partition coefficient (Wildman–Crippen LogP) is 5.30. The van der Waals surface area contributed by atoms with Gasteiger partial charge in [-0.05, 0) is 100 Å². The van der Waals surface area contributed by atoms with E-state index in [4.69, 9.17) is 24.7 Å². The van der Waals surface area contributed by atoms with Gasteiger partial charge in [0.2, 0.25) is 0 Å². The van der Waals surface area contributed by atoms with Crippen LogP contribution in [0.3, 0.4) is 0 Å². The van der Waals surface area contributed by atoms with Crippen molar-refractivity contribution in [3.63, 3.8) is 0 Å². The van der Waals surface area contributed by atoms with Crippen LogP contribution in [-0.4, -0.2) is 56.1 Å². The molecule has 1 saturated heterocycles. The summed E-state index contributed by atoms with van der Waals surface area (Å²) in [5, 5.41) is 0. The largest absolute Gasteiger partial charge is 0.466 e. The number of allylic oxidation sites excluding steroid dienone is 1. The molecule has 1 heterocycles. The third-order valence-electron chi connectivity index (χ3n) is 10.9. The van der Waals surface area contributed by atoms with E-state index in [0.29, 0.717) is 67.9 Å². The Morgan fingerprint density at radius 2 is 1.88 bits per heavy atom. The Hall–Kier alpha value is -1.44. The lowest BCUT2D eigenvalue weighted by atomic mass is 9.45. The molecule has 0 spiro atoms. The molecule has 1 aliphatic heterocycles. The van der Waals surface area contributed by atoms with Crippen LogP contribution in [-0.2, 0) is 28.5 Å². The monoisotopic (exact) mass is 559 g/mol. The number of nitrogens with two attached hydrogens (primary N) is 1. The molecule has 4 aliphatic carbocycles. The van der Waals surface area contributed by atoms with Crippen LogP contribution in [0.4, 0.5) is 0 Å². The van der Waals surface area contributed by atoms with Crippen molar-refractivity contribution in [2.75, 3.05) is 26.4 Å². The van der Waals surface area contributed by atoms with Crippen molar-refractivity contribution in [3.05, 3.63) is 11.6 Å². The standard InChI is InChI=1S/C33H53NO6/c1-19(2)13-22-7-8-23-24(26(22)16-38-20(3)35)9-11-28-25(23)10-12-29-27-15-37-18-33(28,29)14-30(40-21(4)36)31(27)39-17-32(5,6)34/h11,19,22-27,29-31H,7-10,12-18,34H2,1-6H3/t22?,23?,24?,25?,26?,27?,29?,30-,31-,33+/m1/s1. The molecule has 226 valence electrons. The molecule has 10 atom stereocenters. The summed E-state index contributed by atoms with van der Waals surface area (Å²) in [7, 11) is 0. The number of hydrogen-bond donors (Lipinski definition) is 1. The third kappa shape index (κ3) is 5.89. The summed E-state index contributed by atoms with van der Waals surface area (Å²) < 4.78 is 24.6. The molecule has 7 unspecified atom stereocenters. The Labute approximate surface area is 241 Å². The van der Waals surface area contributed by atoms with E-state index in [0.717, 1.165) is 19.3 Å². The van der Waals surface area contributed by atoms with Crippen LogP contribution < -0.4 is 5.73 Å². The summed E-state index contributed by atoms with van der Waals surface area (Å²) >= 11 is 0. The fraction of sp³-hybridized carbons (Fsp3) is 0.879. The van der Waals surface area contributed by atoms with Gasteiger partial charge in [0.25, 0.3) is 0 Å². The van der Waals surface area contributed by atoms with Gasteiger partial charge in [0.05, 0.1) is 32.5 Å². The summed E-state index contributed by atoms with van der Waals surface area (Å²) in [4.78, 5) is 24.1. The second kappa shape index (κ2) is 11.7. The highest BCUT2D eigenvalue weighted by molar-refractivity contribution is 5.66. The highest BCUT2D eigenvalue weighted by atomic mass is 16.6. The molecule has 5 aliphatic rings. The van der Waals surface area contributed by atoms with Crippen molar-refractivity contribution >= 4 is 11.9 Å². The second-order valence-corrected chi connectivity index (χ2v) is 14.9. The zero-order chi connectivity index (χ0) is 28.8. The topological polar surface area (TPSA) is 97.1 Å². The van der Waals surface area contributed by atoms with Crippen LogP contribution in [0, 0.1) is 52.8 Å². The Kier molecular flexibility index (Phi) is 8.77. The fourth-order valence-electron chi connectivity index (χ4n) is 9.73. The fourth-order valence-corrected chi connectivity index (χ4v) is 9.73. The van der Waals surface area contributed by atoms with Crippen molar-refractivity contribution in [2.24, 2.45) is 58.5 Å². The number of carbonyl (C=O) groups is 2. The molecule has 2 bridgehead atoms. The lowest BCUT2D eigenvalue weighted by Gasteiger charge is -2.63. The molecule has 7 heteroatoms. The average Bonchev–Trinajstić information content (AvgIpc) is 2.85. The normalized spacial score (nSPS) is 40.8. The maximum Gasteiger partial charge on any atom is 0.302 e. The van der Waals surface area contributed by atoms with Gasteiger partial charge in [-0.2, -0.15) is 0 Å². The number of carbonyl (C=O) groups excluding carboxylic acids is 2. The van der Waals surface area contributed by atoms with Crippen LogP contribution in [0.25, 0.3) is 0 Å². The molecule has 4 fully saturated rings. The molecule has 0 radical (unpaired) electrons. The summed E-state index contributed by atoms with van der Waals surface area (Å²) in [5.74, 6) is 3.59. The van der Waals surface area contributed by atoms with E-state index >= 15 is 0 Å². The SMILES string of the molecule is CC(=O)OCC1C(CC(C)C)CCC2C3CCC4C5COC[C@@]4(C[C@@H](OC(C)=O)[C@@H]5OCC(C)(C)N)C3=CCC12. The number of esters is 2. The minimum Gasteiger partial charge on any atom is -0.466 e. The van der Waals surface area contributed by atoms with E-state index in [1.807, 2.05) is 13.8 Å². The summed E-state index contributed by atoms with van der Waals surface area (Å²) in [6.45, 7) is 13.9. The number of hydrogen-bond acceptors (Lipinski definition) is 7. The van der Waals surface area contributed by atoms with E-state index in [1.165, 1.54) is 39.5 Å². The van der Waals surface area contributed by atoms with Crippen LogP contribution in [0.15, 0.2) is 11.6 Å². The van der Waals surface area contributed by atoms with E-state index in [-0.39, 0.29) is 35.5 Å². The molecule has 40 heavy (non-hydrogen) atoms. The second-order valence-electron chi connectivity index (χ2n) is 14.9. The van der Waals surface area contributed by atoms with E-state index < -0.39 is 5.54 Å².